The van der Waals surface area contributed by atoms with Crippen molar-refractivity contribution in [1.82, 2.24) is 4.90 Å². The lowest BCUT2D eigenvalue weighted by Gasteiger charge is -2.29. The smallest absolute Gasteiger partial charge is 0.337 e. The van der Waals surface area contributed by atoms with Gasteiger partial charge in [0.2, 0.25) is 5.91 Å². The summed E-state index contributed by atoms with van der Waals surface area (Å²) in [5.41, 5.74) is 5.86. The first-order valence-corrected chi connectivity index (χ1v) is 13.0. The van der Waals surface area contributed by atoms with Crippen LogP contribution in [0.25, 0.3) is 11.1 Å². The van der Waals surface area contributed by atoms with E-state index in [1.807, 2.05) is 63.8 Å². The molecule has 1 aliphatic carbocycles. The van der Waals surface area contributed by atoms with E-state index in [-0.39, 0.29) is 11.8 Å². The van der Waals surface area contributed by atoms with Crippen LogP contribution in [-0.2, 0) is 27.4 Å². The molecule has 6 heteroatoms. The molecule has 1 saturated carbocycles. The second kappa shape index (κ2) is 9.94. The molecule has 2 aromatic rings. The molecule has 188 valence electrons. The quantitative estimate of drug-likeness (QED) is 0.483. The highest BCUT2D eigenvalue weighted by Crippen LogP contribution is 2.44. The summed E-state index contributed by atoms with van der Waals surface area (Å²) in [5, 5.41) is 10.9. The highest BCUT2D eigenvalue weighted by Gasteiger charge is 2.37. The summed E-state index contributed by atoms with van der Waals surface area (Å²) in [6.45, 7) is 10.7. The van der Waals surface area contributed by atoms with Gasteiger partial charge in [-0.25, -0.2) is 4.79 Å². The first-order valence-electron chi connectivity index (χ1n) is 12.6. The number of carboxylic acids is 1. The highest BCUT2D eigenvalue weighted by molar-refractivity contribution is 6.30. The summed E-state index contributed by atoms with van der Waals surface area (Å²) in [4.78, 5) is 27.9. The van der Waals surface area contributed by atoms with Gasteiger partial charge in [0.05, 0.1) is 5.60 Å². The first-order chi connectivity index (χ1) is 16.5. The van der Waals surface area contributed by atoms with Gasteiger partial charge >= 0.3 is 5.97 Å². The highest BCUT2D eigenvalue weighted by atomic mass is 35.5. The molecule has 0 bridgehead atoms. The van der Waals surface area contributed by atoms with Crippen LogP contribution in [-0.4, -0.2) is 27.5 Å². The van der Waals surface area contributed by atoms with E-state index in [9.17, 15) is 14.7 Å². The molecule has 0 unspecified atom stereocenters. The van der Waals surface area contributed by atoms with Crippen molar-refractivity contribution < 1.29 is 19.4 Å². The van der Waals surface area contributed by atoms with Crippen molar-refractivity contribution in [2.75, 3.05) is 0 Å². The Labute approximate surface area is 213 Å². The van der Waals surface area contributed by atoms with Crippen molar-refractivity contribution in [2.45, 2.75) is 91.5 Å². The lowest BCUT2D eigenvalue weighted by atomic mass is 9.83. The zero-order valence-electron chi connectivity index (χ0n) is 21.4. The van der Waals surface area contributed by atoms with Crippen molar-refractivity contribution in [3.63, 3.8) is 0 Å². The standard InChI is InChI=1S/C29H36ClNO4/c1-17-22-15-31(27(32)20-9-7-6-8-10-20)16-23(22)18(2)25(26(28(33)34)35-29(3,4)5)24(17)19-11-13-21(30)14-12-19/h11-14,20,26H,6-10,15-16H2,1-5H3,(H,33,34)/t26-/m0/s1. The molecule has 0 spiro atoms. The van der Waals surface area contributed by atoms with Crippen LogP contribution in [0.3, 0.4) is 0 Å². The SMILES string of the molecule is Cc1c2c(c(C)c([C@H](OC(C)(C)C)C(=O)O)c1-c1ccc(Cl)cc1)CN(C(=O)C1CCCCC1)C2. The van der Waals surface area contributed by atoms with Crippen LogP contribution >= 0.6 is 11.6 Å². The minimum Gasteiger partial charge on any atom is -0.479 e. The summed E-state index contributed by atoms with van der Waals surface area (Å²) in [5.74, 6) is -0.689. The summed E-state index contributed by atoms with van der Waals surface area (Å²) in [6, 6.07) is 7.50. The fraction of sp³-hybridized carbons (Fsp3) is 0.517. The van der Waals surface area contributed by atoms with E-state index < -0.39 is 17.7 Å². The number of carboxylic acid groups (broad SMARTS) is 1. The van der Waals surface area contributed by atoms with Gasteiger partial charge in [-0.05, 0) is 93.0 Å². The van der Waals surface area contributed by atoms with Crippen molar-refractivity contribution in [1.29, 1.82) is 0 Å². The van der Waals surface area contributed by atoms with Gasteiger partial charge in [0.1, 0.15) is 0 Å². The maximum Gasteiger partial charge on any atom is 0.337 e. The fourth-order valence-corrected chi connectivity index (χ4v) is 5.81. The third-order valence-corrected chi connectivity index (χ3v) is 7.62. The molecule has 2 aromatic carbocycles. The van der Waals surface area contributed by atoms with E-state index in [2.05, 4.69) is 0 Å². The Bertz CT molecular complexity index is 1130. The molecular formula is C29H36ClNO4. The Morgan fingerprint density at radius 1 is 1.00 bits per heavy atom. The number of nitrogens with zero attached hydrogens (tertiary/aromatic N) is 1. The van der Waals surface area contributed by atoms with E-state index in [1.165, 1.54) is 6.42 Å². The Morgan fingerprint density at radius 2 is 1.57 bits per heavy atom. The summed E-state index contributed by atoms with van der Waals surface area (Å²) >= 11 is 6.17. The van der Waals surface area contributed by atoms with Gasteiger partial charge in [-0.1, -0.05) is 43.0 Å². The number of carbonyl (C=O) groups excluding carboxylic acids is 1. The average Bonchev–Trinajstić information content (AvgIpc) is 3.26. The fourth-order valence-electron chi connectivity index (χ4n) is 5.69. The molecule has 0 aromatic heterocycles. The Morgan fingerprint density at radius 3 is 2.11 bits per heavy atom. The number of benzene rings is 2. The predicted molar refractivity (Wildman–Crippen MR) is 138 cm³/mol. The molecule has 0 saturated heterocycles. The Balaban J connectivity index is 1.85. The molecule has 1 atom stereocenters. The molecule has 1 amide bonds. The van der Waals surface area contributed by atoms with Gasteiger partial charge < -0.3 is 14.7 Å². The minimum absolute atomic E-state index is 0.102. The third kappa shape index (κ3) is 5.26. The summed E-state index contributed by atoms with van der Waals surface area (Å²) < 4.78 is 6.13. The number of halogens is 1. The normalized spacial score (nSPS) is 17.4. The number of hydrogen-bond acceptors (Lipinski definition) is 3. The number of amides is 1. The van der Waals surface area contributed by atoms with Gasteiger partial charge in [0.25, 0.3) is 0 Å². The number of carbonyl (C=O) groups is 2. The molecule has 2 aliphatic rings. The Kier molecular flexibility index (Phi) is 7.31. The van der Waals surface area contributed by atoms with Crippen LogP contribution in [0.1, 0.15) is 86.8 Å². The molecule has 1 fully saturated rings. The van der Waals surface area contributed by atoms with Crippen molar-refractivity contribution in [2.24, 2.45) is 5.92 Å². The van der Waals surface area contributed by atoms with E-state index in [0.717, 1.165) is 59.1 Å². The number of hydrogen-bond donors (Lipinski definition) is 1. The number of fused-ring (bicyclic) bond motifs is 1. The minimum atomic E-state index is -1.13. The summed E-state index contributed by atoms with van der Waals surface area (Å²) in [7, 11) is 0. The van der Waals surface area contributed by atoms with Crippen LogP contribution in [0.2, 0.25) is 5.02 Å². The van der Waals surface area contributed by atoms with Crippen molar-refractivity contribution in [3.05, 3.63) is 57.1 Å². The van der Waals surface area contributed by atoms with Gasteiger partial charge in [0.15, 0.2) is 6.10 Å². The number of rotatable bonds is 5. The average molecular weight is 498 g/mol. The van der Waals surface area contributed by atoms with Gasteiger partial charge in [-0.3, -0.25) is 4.79 Å². The van der Waals surface area contributed by atoms with Crippen LogP contribution < -0.4 is 0 Å². The molecular weight excluding hydrogens is 462 g/mol. The lowest BCUT2D eigenvalue weighted by Crippen LogP contribution is -2.33. The predicted octanol–water partition coefficient (Wildman–Crippen LogP) is 6.99. The van der Waals surface area contributed by atoms with Crippen LogP contribution in [0, 0.1) is 19.8 Å². The van der Waals surface area contributed by atoms with Crippen LogP contribution in [0.5, 0.6) is 0 Å². The van der Waals surface area contributed by atoms with Gasteiger partial charge in [-0.2, -0.15) is 0 Å². The monoisotopic (exact) mass is 497 g/mol. The third-order valence-electron chi connectivity index (χ3n) is 7.37. The molecule has 1 N–H and O–H groups in total. The zero-order valence-corrected chi connectivity index (χ0v) is 22.2. The summed E-state index contributed by atoms with van der Waals surface area (Å²) in [6.07, 6.45) is 4.24. The molecule has 4 rings (SSSR count). The maximum absolute atomic E-state index is 13.4. The topological polar surface area (TPSA) is 66.8 Å². The van der Waals surface area contributed by atoms with E-state index >= 15 is 0 Å². The largest absolute Gasteiger partial charge is 0.479 e. The molecule has 1 heterocycles. The first kappa shape index (κ1) is 25.7. The molecule has 1 aliphatic heterocycles. The lowest BCUT2D eigenvalue weighted by molar-refractivity contribution is -0.160. The van der Waals surface area contributed by atoms with E-state index in [4.69, 9.17) is 16.3 Å². The van der Waals surface area contributed by atoms with Gasteiger partial charge in [0, 0.05) is 29.6 Å². The number of aliphatic carboxylic acids is 1. The maximum atomic E-state index is 13.4. The van der Waals surface area contributed by atoms with Crippen molar-refractivity contribution >= 4 is 23.5 Å². The molecule has 0 radical (unpaired) electrons. The second-order valence-corrected chi connectivity index (χ2v) is 11.4. The van der Waals surface area contributed by atoms with Gasteiger partial charge in [-0.15, -0.1) is 0 Å². The molecule has 5 nitrogen and oxygen atoms in total. The van der Waals surface area contributed by atoms with E-state index in [1.54, 1.807) is 0 Å². The second-order valence-electron chi connectivity index (χ2n) is 11.0. The van der Waals surface area contributed by atoms with Crippen LogP contribution in [0.4, 0.5) is 0 Å². The Hall–Kier alpha value is -2.37. The van der Waals surface area contributed by atoms with E-state index in [0.29, 0.717) is 23.7 Å². The van der Waals surface area contributed by atoms with Crippen molar-refractivity contribution in [3.8, 4) is 11.1 Å². The molecule has 35 heavy (non-hydrogen) atoms. The van der Waals surface area contributed by atoms with Crippen LogP contribution in [0.15, 0.2) is 24.3 Å². The zero-order chi connectivity index (χ0) is 25.5. The number of ether oxygens (including phenoxy) is 1.